The van der Waals surface area contributed by atoms with E-state index in [1.807, 2.05) is 17.5 Å². The molecule has 118 valence electrons. The zero-order valence-corrected chi connectivity index (χ0v) is 12.7. The number of nitrogens with zero attached hydrogens (tertiary/aromatic N) is 3. The van der Waals surface area contributed by atoms with Crippen LogP contribution < -0.4 is 0 Å². The molecule has 0 radical (unpaired) electrons. The number of hydrogen-bond acceptors (Lipinski definition) is 2. The largest absolute Gasteiger partial charge is 0.339 e. The predicted octanol–water partition coefficient (Wildman–Crippen LogP) is 3.29. The second kappa shape index (κ2) is 5.34. The van der Waals surface area contributed by atoms with Crippen molar-refractivity contribution in [2.24, 2.45) is 0 Å². The fourth-order valence-corrected chi connectivity index (χ4v) is 3.03. The van der Waals surface area contributed by atoms with Crippen LogP contribution in [0.25, 0.3) is 5.65 Å². The number of halogens is 2. The van der Waals surface area contributed by atoms with E-state index < -0.39 is 5.92 Å². The normalized spacial score (nSPS) is 18.5. The fourth-order valence-electron chi connectivity index (χ4n) is 3.03. The van der Waals surface area contributed by atoms with Crippen LogP contribution in [0.2, 0.25) is 0 Å². The topological polar surface area (TPSA) is 37.6 Å². The van der Waals surface area contributed by atoms with Crippen LogP contribution in [0.5, 0.6) is 0 Å². The number of rotatable bonds is 2. The highest BCUT2D eigenvalue weighted by Crippen LogP contribution is 2.35. The number of imidazole rings is 1. The molecule has 1 aliphatic rings. The summed E-state index contributed by atoms with van der Waals surface area (Å²) < 4.78 is 28.3. The number of hydrogen-bond donors (Lipinski definition) is 0. The molecule has 1 saturated carbocycles. The van der Waals surface area contributed by atoms with E-state index in [0.717, 1.165) is 11.3 Å². The van der Waals surface area contributed by atoms with Crippen molar-refractivity contribution < 1.29 is 13.6 Å². The molecule has 0 unspecified atom stereocenters. The monoisotopic (exact) mass is 307 g/mol. The van der Waals surface area contributed by atoms with E-state index in [1.165, 1.54) is 0 Å². The average molecular weight is 307 g/mol. The zero-order chi connectivity index (χ0) is 15.9. The van der Waals surface area contributed by atoms with Gasteiger partial charge in [-0.25, -0.2) is 13.8 Å². The van der Waals surface area contributed by atoms with Crippen molar-refractivity contribution in [1.29, 1.82) is 0 Å². The lowest BCUT2D eigenvalue weighted by Crippen LogP contribution is -2.41. The molecule has 2 aromatic rings. The SMILES string of the molecule is Cc1cn2cc(C(=O)N(C)C3CCC(F)(F)CC3)ccc2n1. The Bertz CT molecular complexity index is 700. The van der Waals surface area contributed by atoms with Gasteiger partial charge in [-0.3, -0.25) is 4.79 Å². The van der Waals surface area contributed by atoms with Crippen molar-refractivity contribution in [3.8, 4) is 0 Å². The Morgan fingerprint density at radius 3 is 2.68 bits per heavy atom. The summed E-state index contributed by atoms with van der Waals surface area (Å²) in [6.07, 6.45) is 4.01. The zero-order valence-electron chi connectivity index (χ0n) is 12.7. The first-order chi connectivity index (χ1) is 10.4. The maximum Gasteiger partial charge on any atom is 0.255 e. The third-order valence-corrected chi connectivity index (χ3v) is 4.37. The van der Waals surface area contributed by atoms with E-state index in [0.29, 0.717) is 18.4 Å². The van der Waals surface area contributed by atoms with Crippen molar-refractivity contribution in [2.75, 3.05) is 7.05 Å². The lowest BCUT2D eigenvalue weighted by Gasteiger charge is -2.34. The van der Waals surface area contributed by atoms with Crippen LogP contribution in [0.1, 0.15) is 41.7 Å². The molecule has 2 heterocycles. The number of fused-ring (bicyclic) bond motifs is 1. The van der Waals surface area contributed by atoms with Crippen LogP contribution in [0.15, 0.2) is 24.5 Å². The van der Waals surface area contributed by atoms with Gasteiger partial charge in [-0.1, -0.05) is 0 Å². The van der Waals surface area contributed by atoms with Crippen molar-refractivity contribution >= 4 is 11.6 Å². The van der Waals surface area contributed by atoms with Gasteiger partial charge in [0.2, 0.25) is 5.92 Å². The third kappa shape index (κ3) is 2.82. The maximum atomic E-state index is 13.2. The van der Waals surface area contributed by atoms with Crippen LogP contribution in [-0.4, -0.2) is 39.2 Å². The van der Waals surface area contributed by atoms with Gasteiger partial charge in [0.1, 0.15) is 5.65 Å². The Balaban J connectivity index is 1.76. The van der Waals surface area contributed by atoms with Crippen LogP contribution >= 0.6 is 0 Å². The Labute approximate surface area is 127 Å². The fraction of sp³-hybridized carbons (Fsp3) is 0.500. The number of aromatic nitrogens is 2. The highest BCUT2D eigenvalue weighted by atomic mass is 19.3. The van der Waals surface area contributed by atoms with Crippen LogP contribution in [-0.2, 0) is 0 Å². The van der Waals surface area contributed by atoms with Gasteiger partial charge in [0.15, 0.2) is 0 Å². The minimum atomic E-state index is -2.58. The van der Waals surface area contributed by atoms with Crippen molar-refractivity contribution in [3.05, 3.63) is 35.8 Å². The number of aryl methyl sites for hydroxylation is 1. The number of carbonyl (C=O) groups excluding carboxylic acids is 1. The van der Waals surface area contributed by atoms with Gasteiger partial charge >= 0.3 is 0 Å². The van der Waals surface area contributed by atoms with E-state index in [4.69, 9.17) is 0 Å². The molecule has 1 fully saturated rings. The van der Waals surface area contributed by atoms with Gasteiger partial charge in [0.05, 0.1) is 11.3 Å². The lowest BCUT2D eigenvalue weighted by molar-refractivity contribution is -0.0490. The number of amides is 1. The summed E-state index contributed by atoms with van der Waals surface area (Å²) >= 11 is 0. The molecule has 1 amide bonds. The molecule has 0 N–H and O–H groups in total. The lowest BCUT2D eigenvalue weighted by atomic mass is 9.91. The molecular weight excluding hydrogens is 288 g/mol. The summed E-state index contributed by atoms with van der Waals surface area (Å²) in [5.41, 5.74) is 2.21. The molecule has 0 aromatic carbocycles. The number of pyridine rings is 1. The van der Waals surface area contributed by atoms with E-state index in [9.17, 15) is 13.6 Å². The number of alkyl halides is 2. The van der Waals surface area contributed by atoms with E-state index in [2.05, 4.69) is 4.98 Å². The second-order valence-electron chi connectivity index (χ2n) is 6.07. The minimum absolute atomic E-state index is 0.118. The molecule has 2 aromatic heterocycles. The molecule has 0 atom stereocenters. The van der Waals surface area contributed by atoms with Crippen LogP contribution in [0.4, 0.5) is 8.78 Å². The summed E-state index contributed by atoms with van der Waals surface area (Å²) in [6, 6.07) is 3.41. The maximum absolute atomic E-state index is 13.2. The van der Waals surface area contributed by atoms with E-state index in [-0.39, 0.29) is 24.8 Å². The quantitative estimate of drug-likeness (QED) is 0.854. The van der Waals surface area contributed by atoms with Gasteiger partial charge in [-0.15, -0.1) is 0 Å². The molecule has 0 spiro atoms. The first kappa shape index (κ1) is 14.9. The summed E-state index contributed by atoms with van der Waals surface area (Å²) in [5.74, 6) is -2.71. The van der Waals surface area contributed by atoms with Crippen LogP contribution in [0, 0.1) is 6.92 Å². The first-order valence-corrected chi connectivity index (χ1v) is 7.46. The standard InChI is InChI=1S/C16H19F2N3O/c1-11-9-21-10-12(3-4-14(21)19-11)15(22)20(2)13-5-7-16(17,18)8-6-13/h3-4,9-10,13H,5-8H2,1-2H3. The predicted molar refractivity (Wildman–Crippen MR) is 79.2 cm³/mol. The Morgan fingerprint density at radius 2 is 2.00 bits per heavy atom. The minimum Gasteiger partial charge on any atom is -0.339 e. The molecule has 0 bridgehead atoms. The Kier molecular flexibility index (Phi) is 3.62. The summed E-state index contributed by atoms with van der Waals surface area (Å²) in [4.78, 5) is 18.5. The Hall–Kier alpha value is -1.98. The average Bonchev–Trinajstić information content (AvgIpc) is 2.84. The van der Waals surface area contributed by atoms with Crippen molar-refractivity contribution in [3.63, 3.8) is 0 Å². The second-order valence-corrected chi connectivity index (χ2v) is 6.07. The molecule has 4 nitrogen and oxygen atoms in total. The first-order valence-electron chi connectivity index (χ1n) is 7.46. The Morgan fingerprint density at radius 1 is 1.32 bits per heavy atom. The summed E-state index contributed by atoms with van der Waals surface area (Å²) in [5, 5.41) is 0. The van der Waals surface area contributed by atoms with Gasteiger partial charge in [0.25, 0.3) is 5.91 Å². The molecule has 0 aliphatic heterocycles. The van der Waals surface area contributed by atoms with Crippen molar-refractivity contribution in [2.45, 2.75) is 44.6 Å². The van der Waals surface area contributed by atoms with Gasteiger partial charge in [-0.05, 0) is 31.9 Å². The molecular formula is C16H19F2N3O. The summed E-state index contributed by atoms with van der Waals surface area (Å²) in [6.45, 7) is 1.89. The third-order valence-electron chi connectivity index (χ3n) is 4.37. The molecule has 0 saturated heterocycles. The molecule has 22 heavy (non-hydrogen) atoms. The van der Waals surface area contributed by atoms with Gasteiger partial charge in [-0.2, -0.15) is 0 Å². The molecule has 1 aliphatic carbocycles. The van der Waals surface area contributed by atoms with E-state index >= 15 is 0 Å². The number of carbonyl (C=O) groups is 1. The van der Waals surface area contributed by atoms with Gasteiger partial charge in [0, 0.05) is 38.3 Å². The van der Waals surface area contributed by atoms with Crippen molar-refractivity contribution in [1.82, 2.24) is 14.3 Å². The van der Waals surface area contributed by atoms with E-state index in [1.54, 1.807) is 30.3 Å². The highest BCUT2D eigenvalue weighted by Gasteiger charge is 2.37. The molecule has 3 rings (SSSR count). The molecule has 6 heteroatoms. The summed E-state index contributed by atoms with van der Waals surface area (Å²) in [7, 11) is 1.69. The van der Waals surface area contributed by atoms with Crippen LogP contribution in [0.3, 0.4) is 0 Å². The van der Waals surface area contributed by atoms with Gasteiger partial charge < -0.3 is 9.30 Å². The smallest absolute Gasteiger partial charge is 0.255 e. The highest BCUT2D eigenvalue weighted by molar-refractivity contribution is 5.94.